The normalized spacial score (nSPS) is 22.9. The molecule has 1 atom stereocenters. The van der Waals surface area contributed by atoms with Crippen molar-refractivity contribution in [2.45, 2.75) is 17.4 Å². The lowest BCUT2D eigenvalue weighted by atomic mass is 9.92. The smallest absolute Gasteiger partial charge is 0.319 e. The van der Waals surface area contributed by atoms with E-state index in [9.17, 15) is 26.8 Å². The number of carbonyl (C=O) groups is 2. The number of rotatable bonds is 5. The topological polar surface area (TPSA) is 90.0 Å². The fraction of sp³-hybridized carbons (Fsp3) is 0.333. The van der Waals surface area contributed by atoms with Gasteiger partial charge in [0.25, 0.3) is 5.91 Å². The number of nitrogens with zero attached hydrogens (tertiary/aromatic N) is 3. The summed E-state index contributed by atoms with van der Waals surface area (Å²) in [5, 5.41) is 2.72. The Morgan fingerprint density at radius 3 is 2.12 bits per heavy atom. The summed E-state index contributed by atoms with van der Waals surface area (Å²) in [4.78, 5) is 27.4. The molecule has 2 aliphatic rings. The van der Waals surface area contributed by atoms with Gasteiger partial charge in [0.2, 0.25) is 10.0 Å². The number of hydrogen-bond donors (Lipinski definition) is 1. The third-order valence-corrected chi connectivity index (χ3v) is 7.77. The van der Waals surface area contributed by atoms with Crippen molar-refractivity contribution in [2.75, 3.05) is 32.8 Å². The SMILES string of the molecule is CC1(c2ccccc2)NC(=O)N(CN2CCN(S(=O)(=O)c3c(F)cccc3F)CC2)C1=O. The number of imide groups is 1. The molecule has 2 aromatic rings. The zero-order valence-electron chi connectivity index (χ0n) is 17.3. The first-order valence-electron chi connectivity index (χ1n) is 10.0. The fourth-order valence-electron chi connectivity index (χ4n) is 3.96. The Bertz CT molecular complexity index is 1130. The van der Waals surface area contributed by atoms with Crippen LogP contribution in [0.3, 0.4) is 0 Å². The second-order valence-corrected chi connectivity index (χ2v) is 9.74. The molecular formula is C21H22F2N4O4S. The average Bonchev–Trinajstić information content (AvgIpc) is 2.98. The number of piperazine rings is 1. The Hall–Kier alpha value is -2.89. The van der Waals surface area contributed by atoms with Crippen LogP contribution in [0.25, 0.3) is 0 Å². The quantitative estimate of drug-likeness (QED) is 0.681. The van der Waals surface area contributed by atoms with E-state index in [1.54, 1.807) is 36.1 Å². The first-order valence-corrected chi connectivity index (χ1v) is 11.4. The van der Waals surface area contributed by atoms with E-state index in [1.165, 1.54) is 0 Å². The van der Waals surface area contributed by atoms with E-state index in [0.29, 0.717) is 5.56 Å². The molecule has 2 heterocycles. The van der Waals surface area contributed by atoms with Gasteiger partial charge in [0, 0.05) is 26.2 Å². The first kappa shape index (κ1) is 22.3. The summed E-state index contributed by atoms with van der Waals surface area (Å²) in [6.07, 6.45) is 0. The largest absolute Gasteiger partial charge is 0.326 e. The monoisotopic (exact) mass is 464 g/mol. The van der Waals surface area contributed by atoms with Crippen LogP contribution in [0, 0.1) is 11.6 Å². The zero-order chi connectivity index (χ0) is 23.1. The highest BCUT2D eigenvalue weighted by atomic mass is 32.2. The molecule has 2 aliphatic heterocycles. The molecule has 1 N–H and O–H groups in total. The fourth-order valence-corrected chi connectivity index (χ4v) is 5.49. The highest BCUT2D eigenvalue weighted by Crippen LogP contribution is 2.29. The average molecular weight is 464 g/mol. The number of carbonyl (C=O) groups excluding carboxylic acids is 2. The summed E-state index contributed by atoms with van der Waals surface area (Å²) in [6.45, 7) is 1.93. The van der Waals surface area contributed by atoms with Crippen molar-refractivity contribution in [3.05, 3.63) is 65.7 Å². The molecule has 2 saturated heterocycles. The van der Waals surface area contributed by atoms with Gasteiger partial charge in [0.05, 0.1) is 6.67 Å². The number of sulfonamides is 1. The van der Waals surface area contributed by atoms with E-state index in [0.717, 1.165) is 27.4 Å². The maximum atomic E-state index is 14.0. The Morgan fingerprint density at radius 1 is 0.938 bits per heavy atom. The highest BCUT2D eigenvalue weighted by Gasteiger charge is 2.49. The van der Waals surface area contributed by atoms with Crippen LogP contribution >= 0.6 is 0 Å². The molecule has 32 heavy (non-hydrogen) atoms. The molecule has 1 unspecified atom stereocenters. The molecule has 0 aromatic heterocycles. The standard InChI is InChI=1S/C21H22F2N4O4S/c1-21(15-6-3-2-4-7-15)19(28)27(20(29)24-21)14-25-10-12-26(13-11-25)32(30,31)18-16(22)8-5-9-17(18)23/h2-9H,10-14H2,1H3,(H,24,29). The van der Waals surface area contributed by atoms with Crippen LogP contribution < -0.4 is 5.32 Å². The van der Waals surface area contributed by atoms with Crippen LogP contribution in [-0.2, 0) is 20.4 Å². The maximum Gasteiger partial charge on any atom is 0.326 e. The van der Waals surface area contributed by atoms with E-state index in [-0.39, 0.29) is 32.8 Å². The van der Waals surface area contributed by atoms with Crippen molar-refractivity contribution in [1.82, 2.24) is 19.4 Å². The molecule has 0 bridgehead atoms. The van der Waals surface area contributed by atoms with Crippen LogP contribution in [-0.4, -0.2) is 67.3 Å². The van der Waals surface area contributed by atoms with E-state index < -0.39 is 44.0 Å². The van der Waals surface area contributed by atoms with Gasteiger partial charge in [-0.2, -0.15) is 4.31 Å². The number of hydrogen-bond acceptors (Lipinski definition) is 5. The number of benzene rings is 2. The van der Waals surface area contributed by atoms with Crippen LogP contribution in [0.15, 0.2) is 53.4 Å². The summed E-state index contributed by atoms with van der Waals surface area (Å²) in [6, 6.07) is 11.2. The molecule has 0 saturated carbocycles. The predicted octanol–water partition coefficient (Wildman–Crippen LogP) is 1.70. The summed E-state index contributed by atoms with van der Waals surface area (Å²) >= 11 is 0. The van der Waals surface area contributed by atoms with Gasteiger partial charge >= 0.3 is 6.03 Å². The molecule has 170 valence electrons. The Balaban J connectivity index is 1.43. The van der Waals surface area contributed by atoms with Crippen molar-refractivity contribution in [3.8, 4) is 0 Å². The molecule has 11 heteroatoms. The number of nitrogens with one attached hydrogen (secondary N) is 1. The highest BCUT2D eigenvalue weighted by molar-refractivity contribution is 7.89. The molecule has 2 aromatic carbocycles. The van der Waals surface area contributed by atoms with Crippen LogP contribution in [0.1, 0.15) is 12.5 Å². The Morgan fingerprint density at radius 2 is 1.53 bits per heavy atom. The summed E-state index contributed by atoms with van der Waals surface area (Å²) in [5.41, 5.74) is -0.532. The number of urea groups is 1. The molecular weight excluding hydrogens is 442 g/mol. The zero-order valence-corrected chi connectivity index (χ0v) is 18.1. The van der Waals surface area contributed by atoms with Crippen molar-refractivity contribution in [1.29, 1.82) is 0 Å². The van der Waals surface area contributed by atoms with E-state index in [4.69, 9.17) is 0 Å². The van der Waals surface area contributed by atoms with Crippen molar-refractivity contribution in [3.63, 3.8) is 0 Å². The van der Waals surface area contributed by atoms with Gasteiger partial charge in [-0.15, -0.1) is 0 Å². The van der Waals surface area contributed by atoms with Gasteiger partial charge in [-0.1, -0.05) is 36.4 Å². The second-order valence-electron chi connectivity index (χ2n) is 7.87. The van der Waals surface area contributed by atoms with E-state index in [1.807, 2.05) is 6.07 Å². The van der Waals surface area contributed by atoms with Gasteiger partial charge in [0.1, 0.15) is 17.2 Å². The lowest BCUT2D eigenvalue weighted by molar-refractivity contribution is -0.132. The van der Waals surface area contributed by atoms with Crippen molar-refractivity contribution in [2.24, 2.45) is 0 Å². The first-order chi connectivity index (χ1) is 15.1. The summed E-state index contributed by atoms with van der Waals surface area (Å²) in [5.74, 6) is -2.70. The lowest BCUT2D eigenvalue weighted by Crippen LogP contribution is -2.53. The molecule has 0 spiro atoms. The van der Waals surface area contributed by atoms with Gasteiger partial charge in [-0.05, 0) is 24.6 Å². The van der Waals surface area contributed by atoms with Crippen LogP contribution in [0.2, 0.25) is 0 Å². The minimum atomic E-state index is -4.35. The summed E-state index contributed by atoms with van der Waals surface area (Å²) < 4.78 is 54.5. The van der Waals surface area contributed by atoms with Crippen LogP contribution in [0.5, 0.6) is 0 Å². The minimum Gasteiger partial charge on any atom is -0.319 e. The van der Waals surface area contributed by atoms with Crippen LogP contribution in [0.4, 0.5) is 13.6 Å². The third-order valence-electron chi connectivity index (χ3n) is 5.82. The summed E-state index contributed by atoms with van der Waals surface area (Å²) in [7, 11) is -4.35. The van der Waals surface area contributed by atoms with Gasteiger partial charge in [-0.25, -0.2) is 26.9 Å². The lowest BCUT2D eigenvalue weighted by Gasteiger charge is -2.35. The molecule has 0 aliphatic carbocycles. The molecule has 3 amide bonds. The van der Waals surface area contributed by atoms with Gasteiger partial charge in [-0.3, -0.25) is 9.69 Å². The third kappa shape index (κ3) is 3.76. The molecule has 4 rings (SSSR count). The Kier molecular flexibility index (Phi) is 5.74. The van der Waals surface area contributed by atoms with Crippen molar-refractivity contribution >= 4 is 22.0 Å². The van der Waals surface area contributed by atoms with Gasteiger partial charge in [0.15, 0.2) is 4.90 Å². The molecule has 2 fully saturated rings. The Labute approximate surface area is 184 Å². The molecule has 0 radical (unpaired) electrons. The molecule has 8 nitrogen and oxygen atoms in total. The number of amides is 3. The van der Waals surface area contributed by atoms with Crippen molar-refractivity contribution < 1.29 is 26.8 Å². The van der Waals surface area contributed by atoms with E-state index in [2.05, 4.69) is 5.32 Å². The number of halogens is 2. The van der Waals surface area contributed by atoms with E-state index >= 15 is 0 Å². The predicted molar refractivity (Wildman–Crippen MR) is 111 cm³/mol. The van der Waals surface area contributed by atoms with Gasteiger partial charge < -0.3 is 5.32 Å². The second kappa shape index (κ2) is 8.23. The minimum absolute atomic E-state index is 0.0188. The maximum absolute atomic E-state index is 14.0.